The fraction of sp³-hybridized carbons (Fsp3) is 0.389. The molecule has 150 valence electrons. The van der Waals surface area contributed by atoms with Gasteiger partial charge >= 0.3 is 5.69 Å². The summed E-state index contributed by atoms with van der Waals surface area (Å²) in [5.74, 6) is -0.544. The van der Waals surface area contributed by atoms with Crippen molar-refractivity contribution in [2.45, 2.75) is 36.9 Å². The van der Waals surface area contributed by atoms with Crippen LogP contribution in [0.5, 0.6) is 0 Å². The van der Waals surface area contributed by atoms with Crippen LogP contribution in [0, 0.1) is 0 Å². The summed E-state index contributed by atoms with van der Waals surface area (Å²) in [5.41, 5.74) is 5.48. The number of nitrogens with two attached hydrogens (primary N) is 1. The molecule has 0 radical (unpaired) electrons. The number of H-pyrrole nitrogens is 1. The SMILES string of the molecule is NC(Cc1ccccc1)C(=O)NC1[C@@H](O)[C@@H](CO)O[C@H]1n1ccc(=O)[nH]c1=O. The Bertz CT molecular complexity index is 927. The van der Waals surface area contributed by atoms with Crippen LogP contribution in [0.3, 0.4) is 0 Å². The van der Waals surface area contributed by atoms with Gasteiger partial charge in [-0.1, -0.05) is 30.3 Å². The number of aliphatic hydroxyl groups excluding tert-OH is 2. The van der Waals surface area contributed by atoms with E-state index >= 15 is 0 Å². The molecule has 1 amide bonds. The van der Waals surface area contributed by atoms with Crippen molar-refractivity contribution in [2.75, 3.05) is 6.61 Å². The molecule has 0 saturated carbocycles. The summed E-state index contributed by atoms with van der Waals surface area (Å²) < 4.78 is 6.56. The third-order valence-electron chi connectivity index (χ3n) is 4.62. The summed E-state index contributed by atoms with van der Waals surface area (Å²) in [7, 11) is 0. The molecule has 1 aliphatic rings. The topological polar surface area (TPSA) is 160 Å². The second kappa shape index (κ2) is 8.48. The lowest BCUT2D eigenvalue weighted by Gasteiger charge is -2.24. The van der Waals surface area contributed by atoms with E-state index in [0.29, 0.717) is 0 Å². The fourth-order valence-electron chi connectivity index (χ4n) is 3.15. The van der Waals surface area contributed by atoms with Crippen LogP contribution in [0.25, 0.3) is 0 Å². The van der Waals surface area contributed by atoms with Crippen LogP contribution in [0.1, 0.15) is 11.8 Å². The first kappa shape index (κ1) is 20.0. The quantitative estimate of drug-likeness (QED) is 0.376. The number of rotatable bonds is 6. The van der Waals surface area contributed by atoms with Gasteiger partial charge in [0, 0.05) is 12.3 Å². The Hall–Kier alpha value is -2.79. The van der Waals surface area contributed by atoms with E-state index < -0.39 is 54.3 Å². The molecule has 1 fully saturated rings. The second-order valence-corrected chi connectivity index (χ2v) is 6.59. The highest BCUT2D eigenvalue weighted by atomic mass is 16.5. The summed E-state index contributed by atoms with van der Waals surface area (Å²) in [6.45, 7) is -0.516. The lowest BCUT2D eigenvalue weighted by Crippen LogP contribution is -2.53. The number of hydrogen-bond acceptors (Lipinski definition) is 7. The first-order valence-corrected chi connectivity index (χ1v) is 8.76. The first-order valence-electron chi connectivity index (χ1n) is 8.76. The van der Waals surface area contributed by atoms with Crippen LogP contribution in [0.4, 0.5) is 0 Å². The second-order valence-electron chi connectivity index (χ2n) is 6.59. The van der Waals surface area contributed by atoms with Gasteiger partial charge < -0.3 is 26.0 Å². The van der Waals surface area contributed by atoms with E-state index in [2.05, 4.69) is 10.3 Å². The third-order valence-corrected chi connectivity index (χ3v) is 4.62. The van der Waals surface area contributed by atoms with Crippen molar-refractivity contribution >= 4 is 5.91 Å². The molecule has 1 aliphatic heterocycles. The van der Waals surface area contributed by atoms with E-state index in [1.165, 1.54) is 6.20 Å². The normalized spacial score (nSPS) is 25.4. The Morgan fingerprint density at radius 2 is 2.00 bits per heavy atom. The molecule has 0 aliphatic carbocycles. The highest BCUT2D eigenvalue weighted by Crippen LogP contribution is 2.28. The van der Waals surface area contributed by atoms with Crippen molar-refractivity contribution in [3.05, 3.63) is 69.0 Å². The summed E-state index contributed by atoms with van der Waals surface area (Å²) >= 11 is 0. The largest absolute Gasteiger partial charge is 0.394 e. The zero-order valence-electron chi connectivity index (χ0n) is 14.9. The number of nitrogens with zero attached hydrogens (tertiary/aromatic N) is 1. The van der Waals surface area contributed by atoms with Crippen LogP contribution in [-0.2, 0) is 16.0 Å². The Morgan fingerprint density at radius 3 is 2.64 bits per heavy atom. The molecule has 0 spiro atoms. The molecule has 2 unspecified atom stereocenters. The van der Waals surface area contributed by atoms with Gasteiger partial charge in [0.1, 0.15) is 18.2 Å². The molecule has 2 aromatic rings. The number of aromatic nitrogens is 2. The van der Waals surface area contributed by atoms with E-state index in [1.807, 2.05) is 30.3 Å². The van der Waals surface area contributed by atoms with Crippen LogP contribution in [0.2, 0.25) is 0 Å². The van der Waals surface area contributed by atoms with Crippen molar-refractivity contribution < 1.29 is 19.7 Å². The predicted octanol–water partition coefficient (Wildman–Crippen LogP) is -2.16. The molecule has 0 bridgehead atoms. The van der Waals surface area contributed by atoms with E-state index in [4.69, 9.17) is 10.5 Å². The van der Waals surface area contributed by atoms with Crippen LogP contribution in [0.15, 0.2) is 52.2 Å². The zero-order chi connectivity index (χ0) is 20.3. The number of carbonyl (C=O) groups excluding carboxylic acids is 1. The van der Waals surface area contributed by atoms with E-state index in [1.54, 1.807) is 0 Å². The van der Waals surface area contributed by atoms with Crippen LogP contribution in [-0.4, -0.2) is 56.6 Å². The maximum absolute atomic E-state index is 12.5. The Kier molecular flexibility index (Phi) is 6.05. The smallest absolute Gasteiger partial charge is 0.330 e. The molecule has 28 heavy (non-hydrogen) atoms. The van der Waals surface area contributed by atoms with Gasteiger partial charge in [-0.05, 0) is 12.0 Å². The maximum Gasteiger partial charge on any atom is 0.330 e. The third kappa shape index (κ3) is 4.20. The van der Waals surface area contributed by atoms with Gasteiger partial charge in [0.05, 0.1) is 12.6 Å². The molecule has 10 nitrogen and oxygen atoms in total. The van der Waals surface area contributed by atoms with Gasteiger partial charge in [0.2, 0.25) is 5.91 Å². The van der Waals surface area contributed by atoms with Gasteiger partial charge in [-0.2, -0.15) is 0 Å². The number of benzene rings is 1. The Balaban J connectivity index is 1.79. The molecule has 1 aromatic heterocycles. The molecule has 1 aromatic carbocycles. The number of aromatic amines is 1. The van der Waals surface area contributed by atoms with Crippen molar-refractivity contribution in [3.63, 3.8) is 0 Å². The van der Waals surface area contributed by atoms with E-state index in [-0.39, 0.29) is 6.42 Å². The Morgan fingerprint density at radius 1 is 1.29 bits per heavy atom. The van der Waals surface area contributed by atoms with E-state index in [9.17, 15) is 24.6 Å². The number of amides is 1. The predicted molar refractivity (Wildman–Crippen MR) is 98.4 cm³/mol. The molecule has 5 atom stereocenters. The molecule has 1 saturated heterocycles. The minimum absolute atomic E-state index is 0.281. The fourth-order valence-corrected chi connectivity index (χ4v) is 3.15. The molecule has 6 N–H and O–H groups in total. The van der Waals surface area contributed by atoms with Gasteiger partial charge in [0.15, 0.2) is 6.23 Å². The summed E-state index contributed by atoms with van der Waals surface area (Å²) in [6.07, 6.45) is -1.93. The molecule has 10 heteroatoms. The highest BCUT2D eigenvalue weighted by molar-refractivity contribution is 5.82. The molecular weight excluding hydrogens is 368 g/mol. The lowest BCUT2D eigenvalue weighted by molar-refractivity contribution is -0.124. The minimum atomic E-state index is -1.28. The first-order chi connectivity index (χ1) is 13.4. The van der Waals surface area contributed by atoms with Crippen molar-refractivity contribution in [1.82, 2.24) is 14.9 Å². The van der Waals surface area contributed by atoms with Crippen molar-refractivity contribution in [3.8, 4) is 0 Å². The van der Waals surface area contributed by atoms with Gasteiger partial charge in [-0.25, -0.2) is 4.79 Å². The number of hydrogen-bond donors (Lipinski definition) is 5. The summed E-state index contributed by atoms with van der Waals surface area (Å²) in [4.78, 5) is 38.0. The molecule has 2 heterocycles. The molecule has 3 rings (SSSR count). The van der Waals surface area contributed by atoms with Gasteiger partial charge in [-0.15, -0.1) is 0 Å². The van der Waals surface area contributed by atoms with Crippen LogP contribution < -0.4 is 22.3 Å². The molecular formula is C18H22N4O6. The lowest BCUT2D eigenvalue weighted by atomic mass is 10.0. The maximum atomic E-state index is 12.5. The van der Waals surface area contributed by atoms with Crippen molar-refractivity contribution in [1.29, 1.82) is 0 Å². The van der Waals surface area contributed by atoms with Crippen molar-refractivity contribution in [2.24, 2.45) is 5.73 Å². The van der Waals surface area contributed by atoms with Gasteiger partial charge in [-0.3, -0.25) is 19.1 Å². The zero-order valence-corrected chi connectivity index (χ0v) is 14.9. The number of aliphatic hydroxyl groups is 2. The summed E-state index contributed by atoms with van der Waals surface area (Å²) in [6, 6.07) is 8.37. The average Bonchev–Trinajstić information content (AvgIpc) is 2.98. The van der Waals surface area contributed by atoms with E-state index in [0.717, 1.165) is 16.2 Å². The number of nitrogens with one attached hydrogen (secondary N) is 2. The monoisotopic (exact) mass is 390 g/mol. The van der Waals surface area contributed by atoms with Crippen LogP contribution >= 0.6 is 0 Å². The number of carbonyl (C=O) groups is 1. The highest BCUT2D eigenvalue weighted by Gasteiger charge is 2.45. The minimum Gasteiger partial charge on any atom is -0.394 e. The summed E-state index contributed by atoms with van der Waals surface area (Å²) in [5, 5.41) is 22.4. The Labute approximate surface area is 159 Å². The standard InChI is InChI=1S/C18H22N4O6/c19-11(8-10-4-2-1-3-5-10)16(26)21-14-15(25)12(9-23)28-17(14)22-7-6-13(24)20-18(22)27/h1-7,11-12,14-15,17,23,25H,8-9,19H2,(H,21,26)(H,20,24,27)/t11?,12-,14?,15+,17-/m1/s1. The average molecular weight is 390 g/mol. The number of ether oxygens (including phenoxy) is 1. The van der Waals surface area contributed by atoms with Gasteiger partial charge in [0.25, 0.3) is 5.56 Å².